The van der Waals surface area contributed by atoms with Gasteiger partial charge >= 0.3 is 0 Å². The Hall–Kier alpha value is -2.75. The molecule has 2 heterocycles. The number of carbonyl (C=O) groups is 1. The first-order valence-corrected chi connectivity index (χ1v) is 8.71. The molecule has 1 amide bonds. The number of furan rings is 1. The summed E-state index contributed by atoms with van der Waals surface area (Å²) in [6.07, 6.45) is 3.67. The lowest BCUT2D eigenvalue weighted by Gasteiger charge is -2.14. The second-order valence-corrected chi connectivity index (χ2v) is 6.71. The van der Waals surface area contributed by atoms with Gasteiger partial charge in [-0.05, 0) is 56.0 Å². The number of nitrogens with one attached hydrogen (secondary N) is 1. The van der Waals surface area contributed by atoms with Gasteiger partial charge in [0, 0.05) is 11.4 Å². The highest BCUT2D eigenvalue weighted by molar-refractivity contribution is 5.96. The zero-order valence-corrected chi connectivity index (χ0v) is 14.6. The van der Waals surface area contributed by atoms with Gasteiger partial charge in [-0.3, -0.25) is 4.79 Å². The van der Waals surface area contributed by atoms with Crippen LogP contribution >= 0.6 is 0 Å². The minimum atomic E-state index is 0.000461. The van der Waals surface area contributed by atoms with Gasteiger partial charge in [0.25, 0.3) is 5.91 Å². The van der Waals surface area contributed by atoms with Gasteiger partial charge in [-0.2, -0.15) is 0 Å². The van der Waals surface area contributed by atoms with E-state index in [1.807, 2.05) is 38.1 Å². The average molecular weight is 334 g/mol. The molecule has 4 heteroatoms. The summed E-state index contributed by atoms with van der Waals surface area (Å²) in [5.41, 5.74) is 5.37. The van der Waals surface area contributed by atoms with Gasteiger partial charge in [-0.25, -0.2) is 0 Å². The van der Waals surface area contributed by atoms with Crippen LogP contribution in [-0.4, -0.2) is 10.5 Å². The Balaban J connectivity index is 1.55. The molecule has 1 unspecified atom stereocenters. The van der Waals surface area contributed by atoms with Crippen LogP contribution in [0.15, 0.2) is 53.1 Å². The maximum atomic E-state index is 12.9. The molecular formula is C21H22N2O2. The third-order valence-corrected chi connectivity index (χ3v) is 5.15. The van der Waals surface area contributed by atoms with Gasteiger partial charge in [-0.1, -0.05) is 24.3 Å². The molecule has 0 radical (unpaired) electrons. The van der Waals surface area contributed by atoms with Gasteiger partial charge in [0.1, 0.15) is 5.76 Å². The molecule has 1 N–H and O–H groups in total. The van der Waals surface area contributed by atoms with Crippen LogP contribution in [-0.2, 0) is 13.0 Å². The Kier molecular flexibility index (Phi) is 3.96. The molecule has 0 fully saturated rings. The van der Waals surface area contributed by atoms with Gasteiger partial charge in [-0.15, -0.1) is 0 Å². The standard InChI is InChI=1S/C21H22N2O2/c1-14-12-19(15(2)23(14)13-17-7-5-11-25-17)21(24)22-20-10-9-16-6-3-4-8-18(16)20/h3-8,11-12,20H,9-10,13H2,1-2H3,(H,22,24). The molecule has 1 aliphatic carbocycles. The largest absolute Gasteiger partial charge is 0.467 e. The Labute approximate surface area is 147 Å². The van der Waals surface area contributed by atoms with E-state index >= 15 is 0 Å². The molecule has 4 nitrogen and oxygen atoms in total. The van der Waals surface area contributed by atoms with Crippen molar-refractivity contribution in [2.45, 2.75) is 39.3 Å². The molecule has 128 valence electrons. The topological polar surface area (TPSA) is 47.2 Å². The fourth-order valence-electron chi connectivity index (χ4n) is 3.78. The zero-order valence-electron chi connectivity index (χ0n) is 14.6. The predicted octanol–water partition coefficient (Wildman–Crippen LogP) is 4.16. The Morgan fingerprint density at radius 2 is 2.08 bits per heavy atom. The van der Waals surface area contributed by atoms with Crippen molar-refractivity contribution < 1.29 is 9.21 Å². The smallest absolute Gasteiger partial charge is 0.253 e. The van der Waals surface area contributed by atoms with Gasteiger partial charge in [0.15, 0.2) is 0 Å². The van der Waals surface area contributed by atoms with Crippen molar-refractivity contribution in [3.8, 4) is 0 Å². The van der Waals surface area contributed by atoms with Gasteiger partial charge in [0.05, 0.1) is 24.4 Å². The summed E-state index contributed by atoms with van der Waals surface area (Å²) in [5, 5.41) is 3.22. The second-order valence-electron chi connectivity index (χ2n) is 6.71. The Bertz CT molecular complexity index is 906. The normalized spacial score (nSPS) is 16.0. The van der Waals surface area contributed by atoms with E-state index in [-0.39, 0.29) is 11.9 Å². The van der Waals surface area contributed by atoms with Crippen molar-refractivity contribution >= 4 is 5.91 Å². The molecule has 0 spiro atoms. The Morgan fingerprint density at radius 3 is 2.88 bits per heavy atom. The average Bonchev–Trinajstić information content (AvgIpc) is 3.32. The third kappa shape index (κ3) is 2.88. The molecule has 0 aliphatic heterocycles. The van der Waals surface area contributed by atoms with Crippen molar-refractivity contribution in [2.24, 2.45) is 0 Å². The minimum absolute atomic E-state index is 0.000461. The van der Waals surface area contributed by atoms with Gasteiger partial charge < -0.3 is 14.3 Å². The van der Waals surface area contributed by atoms with E-state index < -0.39 is 0 Å². The van der Waals surface area contributed by atoms with Crippen molar-refractivity contribution in [2.75, 3.05) is 0 Å². The first-order chi connectivity index (χ1) is 12.1. The molecule has 0 bridgehead atoms. The summed E-state index contributed by atoms with van der Waals surface area (Å²) in [6.45, 7) is 4.66. The molecule has 0 saturated carbocycles. The summed E-state index contributed by atoms with van der Waals surface area (Å²) < 4.78 is 7.56. The molecule has 3 aromatic rings. The van der Waals surface area contributed by atoms with Crippen LogP contribution in [0.4, 0.5) is 0 Å². The lowest BCUT2D eigenvalue weighted by atomic mass is 10.1. The molecule has 4 rings (SSSR count). The highest BCUT2D eigenvalue weighted by Crippen LogP contribution is 2.31. The van der Waals surface area contributed by atoms with Crippen LogP contribution in [0, 0.1) is 13.8 Å². The van der Waals surface area contributed by atoms with Crippen LogP contribution in [0.5, 0.6) is 0 Å². The second kappa shape index (κ2) is 6.28. The van der Waals surface area contributed by atoms with E-state index in [0.717, 1.165) is 35.6 Å². The maximum absolute atomic E-state index is 12.9. The number of amides is 1. The first kappa shape index (κ1) is 15.8. The highest BCUT2D eigenvalue weighted by atomic mass is 16.3. The lowest BCUT2D eigenvalue weighted by molar-refractivity contribution is 0.0936. The number of hydrogen-bond acceptors (Lipinski definition) is 2. The summed E-state index contributed by atoms with van der Waals surface area (Å²) in [7, 11) is 0. The van der Waals surface area contributed by atoms with Crippen molar-refractivity contribution in [1.29, 1.82) is 0 Å². The molecule has 25 heavy (non-hydrogen) atoms. The van der Waals surface area contributed by atoms with Crippen molar-refractivity contribution in [3.63, 3.8) is 0 Å². The number of aryl methyl sites for hydroxylation is 2. The number of fused-ring (bicyclic) bond motifs is 1. The summed E-state index contributed by atoms with van der Waals surface area (Å²) in [5.74, 6) is 0.888. The SMILES string of the molecule is Cc1cc(C(=O)NC2CCc3ccccc32)c(C)n1Cc1ccco1. The van der Waals surface area contributed by atoms with Crippen LogP contribution in [0.1, 0.15) is 51.1 Å². The van der Waals surface area contributed by atoms with Crippen LogP contribution < -0.4 is 5.32 Å². The van der Waals surface area contributed by atoms with Crippen molar-refractivity contribution in [1.82, 2.24) is 9.88 Å². The van der Waals surface area contributed by atoms with E-state index in [2.05, 4.69) is 28.1 Å². The van der Waals surface area contributed by atoms with Crippen LogP contribution in [0.25, 0.3) is 0 Å². The number of nitrogens with zero attached hydrogens (tertiary/aromatic N) is 1. The minimum Gasteiger partial charge on any atom is -0.467 e. The molecule has 2 aromatic heterocycles. The summed E-state index contributed by atoms with van der Waals surface area (Å²) >= 11 is 0. The fraction of sp³-hybridized carbons (Fsp3) is 0.286. The number of aromatic nitrogens is 1. The van der Waals surface area contributed by atoms with Crippen LogP contribution in [0.2, 0.25) is 0 Å². The molecule has 0 saturated heterocycles. The van der Waals surface area contributed by atoms with E-state index in [1.165, 1.54) is 11.1 Å². The molecule has 1 aliphatic rings. The summed E-state index contributed by atoms with van der Waals surface area (Å²) in [4.78, 5) is 12.9. The van der Waals surface area contributed by atoms with E-state index in [0.29, 0.717) is 6.54 Å². The summed E-state index contributed by atoms with van der Waals surface area (Å²) in [6, 6.07) is 14.3. The van der Waals surface area contributed by atoms with E-state index in [9.17, 15) is 4.79 Å². The Morgan fingerprint density at radius 1 is 1.24 bits per heavy atom. The van der Waals surface area contributed by atoms with Gasteiger partial charge in [0.2, 0.25) is 0 Å². The zero-order chi connectivity index (χ0) is 17.4. The van der Waals surface area contributed by atoms with E-state index in [1.54, 1.807) is 6.26 Å². The quantitative estimate of drug-likeness (QED) is 0.778. The monoisotopic (exact) mass is 334 g/mol. The van der Waals surface area contributed by atoms with Crippen molar-refractivity contribution in [3.05, 3.63) is 82.6 Å². The maximum Gasteiger partial charge on any atom is 0.253 e. The molecule has 1 atom stereocenters. The predicted molar refractivity (Wildman–Crippen MR) is 96.7 cm³/mol. The van der Waals surface area contributed by atoms with E-state index in [4.69, 9.17) is 4.42 Å². The lowest BCUT2D eigenvalue weighted by Crippen LogP contribution is -2.27. The number of benzene rings is 1. The molecular weight excluding hydrogens is 312 g/mol. The first-order valence-electron chi connectivity index (χ1n) is 8.71. The number of rotatable bonds is 4. The van der Waals surface area contributed by atoms with Crippen LogP contribution in [0.3, 0.4) is 0 Å². The number of carbonyl (C=O) groups excluding carboxylic acids is 1. The third-order valence-electron chi connectivity index (χ3n) is 5.15. The number of hydrogen-bond donors (Lipinski definition) is 1. The molecule has 1 aromatic carbocycles. The highest BCUT2D eigenvalue weighted by Gasteiger charge is 2.25. The fourth-order valence-corrected chi connectivity index (χ4v) is 3.78.